The highest BCUT2D eigenvalue weighted by Gasteiger charge is 2.37. The Morgan fingerprint density at radius 2 is 1.13 bits per heavy atom. The first-order chi connectivity index (χ1) is 22.5. The molecule has 7 aromatic carbocycles. The van der Waals surface area contributed by atoms with Crippen LogP contribution in [0.15, 0.2) is 150 Å². The van der Waals surface area contributed by atoms with E-state index in [1.807, 2.05) is 48.5 Å². The molecule has 0 amide bonds. The maximum absolute atomic E-state index is 15.2. The second kappa shape index (κ2) is 9.92. The molecule has 0 unspecified atom stereocenters. The monoisotopic (exact) mass is 595 g/mol. The van der Waals surface area contributed by atoms with Crippen LogP contribution in [0.4, 0.5) is 21.5 Å². The van der Waals surface area contributed by atoms with Crippen LogP contribution < -0.4 is 4.90 Å². The van der Waals surface area contributed by atoms with Crippen molar-refractivity contribution in [2.24, 2.45) is 0 Å². The quantitative estimate of drug-likeness (QED) is 0.201. The summed E-state index contributed by atoms with van der Waals surface area (Å²) in [7, 11) is 0. The van der Waals surface area contributed by atoms with Gasteiger partial charge in [-0.1, -0.05) is 98.8 Å². The Morgan fingerprint density at radius 1 is 0.500 bits per heavy atom. The molecular weight excluding hydrogens is 565 g/mol. The number of halogens is 1. The van der Waals surface area contributed by atoms with Crippen molar-refractivity contribution in [2.75, 3.05) is 4.90 Å². The first kappa shape index (κ1) is 26.7. The summed E-state index contributed by atoms with van der Waals surface area (Å²) in [4.78, 5) is 2.26. The van der Waals surface area contributed by atoms with E-state index in [0.717, 1.165) is 66.6 Å². The fourth-order valence-corrected chi connectivity index (χ4v) is 7.40. The van der Waals surface area contributed by atoms with Crippen LogP contribution in [0.2, 0.25) is 0 Å². The Morgan fingerprint density at radius 3 is 1.93 bits per heavy atom. The van der Waals surface area contributed by atoms with Crippen molar-refractivity contribution in [1.82, 2.24) is 0 Å². The Balaban J connectivity index is 1.12. The van der Waals surface area contributed by atoms with Gasteiger partial charge in [0, 0.05) is 44.7 Å². The number of rotatable bonds is 4. The minimum atomic E-state index is -0.315. The summed E-state index contributed by atoms with van der Waals surface area (Å²) in [6.45, 7) is 4.41. The molecular formula is C43H30FNO. The van der Waals surface area contributed by atoms with Crippen molar-refractivity contribution in [3.05, 3.63) is 163 Å². The molecule has 8 aromatic rings. The predicted molar refractivity (Wildman–Crippen MR) is 189 cm³/mol. The molecule has 2 nitrogen and oxygen atoms in total. The van der Waals surface area contributed by atoms with E-state index in [1.165, 1.54) is 11.1 Å². The second-order valence-corrected chi connectivity index (χ2v) is 12.7. The SMILES string of the molecule is CC1(C)c2cc(-c3ccc(N(c4ccccc4)c4ccc5c(c4)oc4ccccc45)cc3)ccc2-c2c1cc(F)c1ccccc21. The first-order valence-corrected chi connectivity index (χ1v) is 15.7. The van der Waals surface area contributed by atoms with Gasteiger partial charge in [-0.2, -0.15) is 0 Å². The molecule has 1 aliphatic carbocycles. The normalized spacial score (nSPS) is 13.3. The fourth-order valence-electron chi connectivity index (χ4n) is 7.40. The molecule has 46 heavy (non-hydrogen) atoms. The molecule has 0 spiro atoms. The van der Waals surface area contributed by atoms with Gasteiger partial charge in [-0.15, -0.1) is 0 Å². The zero-order valence-corrected chi connectivity index (χ0v) is 25.6. The predicted octanol–water partition coefficient (Wildman–Crippen LogP) is 12.3. The molecule has 0 bridgehead atoms. The summed E-state index contributed by atoms with van der Waals surface area (Å²) < 4.78 is 21.5. The molecule has 3 heteroatoms. The molecule has 0 fully saturated rings. The zero-order chi connectivity index (χ0) is 31.0. The molecule has 0 aliphatic heterocycles. The average molecular weight is 596 g/mol. The van der Waals surface area contributed by atoms with Crippen molar-refractivity contribution in [1.29, 1.82) is 0 Å². The third kappa shape index (κ3) is 3.95. The van der Waals surface area contributed by atoms with Gasteiger partial charge in [-0.05, 0) is 93.4 Å². The van der Waals surface area contributed by atoms with Crippen molar-refractivity contribution in [3.63, 3.8) is 0 Å². The fraction of sp³-hybridized carbons (Fsp3) is 0.0698. The minimum absolute atomic E-state index is 0.159. The molecule has 220 valence electrons. The van der Waals surface area contributed by atoms with Crippen LogP contribution >= 0.6 is 0 Å². The van der Waals surface area contributed by atoms with Gasteiger partial charge in [0.2, 0.25) is 0 Å². The van der Waals surface area contributed by atoms with E-state index in [0.29, 0.717) is 5.39 Å². The maximum atomic E-state index is 15.2. The molecule has 0 atom stereocenters. The molecule has 1 heterocycles. The van der Waals surface area contributed by atoms with Crippen molar-refractivity contribution < 1.29 is 8.81 Å². The number of hydrogen-bond donors (Lipinski definition) is 0. The maximum Gasteiger partial charge on any atom is 0.137 e. The Bertz CT molecular complexity index is 2460. The smallest absolute Gasteiger partial charge is 0.137 e. The largest absolute Gasteiger partial charge is 0.456 e. The molecule has 0 saturated carbocycles. The van der Waals surface area contributed by atoms with E-state index in [9.17, 15) is 0 Å². The number of fused-ring (bicyclic) bond motifs is 8. The van der Waals surface area contributed by atoms with Gasteiger partial charge < -0.3 is 9.32 Å². The van der Waals surface area contributed by atoms with Crippen LogP contribution in [0, 0.1) is 5.82 Å². The summed E-state index contributed by atoms with van der Waals surface area (Å²) in [5.41, 5.74) is 11.5. The number of furan rings is 1. The summed E-state index contributed by atoms with van der Waals surface area (Å²) in [6, 6.07) is 50.1. The minimum Gasteiger partial charge on any atom is -0.456 e. The van der Waals surface area contributed by atoms with E-state index in [-0.39, 0.29) is 11.2 Å². The van der Waals surface area contributed by atoms with Gasteiger partial charge >= 0.3 is 0 Å². The average Bonchev–Trinajstić information content (AvgIpc) is 3.57. The number of benzene rings is 7. The van der Waals surface area contributed by atoms with E-state index >= 15 is 4.39 Å². The van der Waals surface area contributed by atoms with Gasteiger partial charge in [0.15, 0.2) is 0 Å². The van der Waals surface area contributed by atoms with E-state index in [2.05, 4.69) is 110 Å². The summed E-state index contributed by atoms with van der Waals surface area (Å²) in [5, 5.41) is 3.88. The lowest BCUT2D eigenvalue weighted by molar-refractivity contribution is 0.619. The van der Waals surface area contributed by atoms with E-state index < -0.39 is 0 Å². The van der Waals surface area contributed by atoms with E-state index in [1.54, 1.807) is 6.07 Å². The van der Waals surface area contributed by atoms with Crippen molar-refractivity contribution >= 4 is 49.8 Å². The number of nitrogens with zero attached hydrogens (tertiary/aromatic N) is 1. The Kier molecular flexibility index (Phi) is 5.76. The van der Waals surface area contributed by atoms with Crippen LogP contribution in [0.25, 0.3) is 55.0 Å². The van der Waals surface area contributed by atoms with Crippen molar-refractivity contribution in [2.45, 2.75) is 19.3 Å². The van der Waals surface area contributed by atoms with Crippen LogP contribution in [0.5, 0.6) is 0 Å². The highest BCUT2D eigenvalue weighted by Crippen LogP contribution is 2.52. The Labute approximate surface area is 267 Å². The second-order valence-electron chi connectivity index (χ2n) is 12.7. The molecule has 1 aliphatic rings. The molecule has 0 saturated heterocycles. The lowest BCUT2D eigenvalue weighted by Gasteiger charge is -2.25. The zero-order valence-electron chi connectivity index (χ0n) is 25.6. The van der Waals surface area contributed by atoms with E-state index in [4.69, 9.17) is 4.42 Å². The van der Waals surface area contributed by atoms with Gasteiger partial charge in [0.05, 0.1) is 0 Å². The van der Waals surface area contributed by atoms with Crippen LogP contribution in [0.3, 0.4) is 0 Å². The Hall–Kier alpha value is -5.67. The van der Waals surface area contributed by atoms with Crippen LogP contribution in [0.1, 0.15) is 25.0 Å². The van der Waals surface area contributed by atoms with Gasteiger partial charge in [0.25, 0.3) is 0 Å². The van der Waals surface area contributed by atoms with Gasteiger partial charge in [-0.25, -0.2) is 4.39 Å². The molecule has 9 rings (SSSR count). The van der Waals surface area contributed by atoms with Crippen molar-refractivity contribution in [3.8, 4) is 22.3 Å². The molecule has 0 N–H and O–H groups in total. The summed E-state index contributed by atoms with van der Waals surface area (Å²) in [6.07, 6.45) is 0. The van der Waals surface area contributed by atoms with Crippen LogP contribution in [-0.2, 0) is 5.41 Å². The summed E-state index contributed by atoms with van der Waals surface area (Å²) in [5.74, 6) is -0.159. The van der Waals surface area contributed by atoms with Crippen LogP contribution in [-0.4, -0.2) is 0 Å². The summed E-state index contributed by atoms with van der Waals surface area (Å²) >= 11 is 0. The van der Waals surface area contributed by atoms with Gasteiger partial charge in [0.1, 0.15) is 17.0 Å². The lowest BCUT2D eigenvalue weighted by Crippen LogP contribution is -2.15. The lowest BCUT2D eigenvalue weighted by atomic mass is 9.81. The third-order valence-electron chi connectivity index (χ3n) is 9.72. The highest BCUT2D eigenvalue weighted by molar-refractivity contribution is 6.06. The highest BCUT2D eigenvalue weighted by atomic mass is 19.1. The topological polar surface area (TPSA) is 16.4 Å². The standard InChI is InChI=1S/C43H30FNO/c1-43(2)37-24-28(18-22-36(37)42-35-14-7-6-12-32(35)39(44)26-38(42)43)27-16-19-30(20-17-27)45(29-10-4-3-5-11-29)31-21-23-34-33-13-8-9-15-40(33)46-41(34)25-31/h3-26H,1-2H3. The third-order valence-corrected chi connectivity index (χ3v) is 9.72. The van der Waals surface area contributed by atoms with Gasteiger partial charge in [-0.3, -0.25) is 0 Å². The number of anilines is 3. The number of para-hydroxylation sites is 2. The number of hydrogen-bond acceptors (Lipinski definition) is 2. The molecule has 1 aromatic heterocycles. The first-order valence-electron chi connectivity index (χ1n) is 15.7. The molecule has 0 radical (unpaired) electrons.